The number of amides is 2. The molecule has 0 heterocycles. The third-order valence-corrected chi connectivity index (χ3v) is 4.34. The molecule has 0 unspecified atom stereocenters. The summed E-state index contributed by atoms with van der Waals surface area (Å²) in [7, 11) is 0. The third kappa shape index (κ3) is 3.81. The van der Waals surface area contributed by atoms with Gasteiger partial charge >= 0.3 is 6.03 Å². The van der Waals surface area contributed by atoms with Crippen LogP contribution in [0.15, 0.2) is 54.6 Å². The number of rotatable bonds is 6. The molecule has 1 aliphatic rings. The van der Waals surface area contributed by atoms with E-state index < -0.39 is 0 Å². The van der Waals surface area contributed by atoms with Gasteiger partial charge in [-0.05, 0) is 25.0 Å². The Bertz CT molecular complexity index is 739. The van der Waals surface area contributed by atoms with E-state index in [1.54, 1.807) is 36.4 Å². The van der Waals surface area contributed by atoms with E-state index in [1.807, 2.05) is 18.2 Å². The zero-order valence-electron chi connectivity index (χ0n) is 13.3. The minimum absolute atomic E-state index is 0.0862. The average Bonchev–Trinajstić information content (AvgIpc) is 3.41. The quantitative estimate of drug-likeness (QED) is 0.715. The van der Waals surface area contributed by atoms with Crippen LogP contribution in [-0.2, 0) is 0 Å². The number of carbonyl (C=O) groups excluding carboxylic acids is 2. The second-order valence-electron chi connectivity index (χ2n) is 6.24. The number of carbonyl (C=O) groups is 2. The van der Waals surface area contributed by atoms with E-state index in [9.17, 15) is 14.7 Å². The molecule has 5 nitrogen and oxygen atoms in total. The Kier molecular flexibility index (Phi) is 4.62. The molecule has 0 aliphatic heterocycles. The fourth-order valence-electron chi connectivity index (χ4n) is 2.51. The van der Waals surface area contributed by atoms with Crippen LogP contribution in [0.5, 0.6) is 0 Å². The molecule has 3 N–H and O–H groups in total. The van der Waals surface area contributed by atoms with Crippen molar-refractivity contribution in [1.29, 1.82) is 0 Å². The van der Waals surface area contributed by atoms with Gasteiger partial charge in [0.05, 0.1) is 6.61 Å². The molecule has 0 spiro atoms. The van der Waals surface area contributed by atoms with Crippen LogP contribution in [0.25, 0.3) is 0 Å². The fourth-order valence-corrected chi connectivity index (χ4v) is 2.51. The first-order valence-corrected chi connectivity index (χ1v) is 7.97. The van der Waals surface area contributed by atoms with Crippen LogP contribution in [0, 0.1) is 5.41 Å². The number of urea groups is 1. The molecule has 0 atom stereocenters. The molecule has 2 amide bonds. The summed E-state index contributed by atoms with van der Waals surface area (Å²) in [6, 6.07) is 15.5. The lowest BCUT2D eigenvalue weighted by atomic mass is 10.0. The van der Waals surface area contributed by atoms with E-state index >= 15 is 0 Å². The van der Waals surface area contributed by atoms with Crippen molar-refractivity contribution in [1.82, 2.24) is 5.32 Å². The molecule has 1 fully saturated rings. The van der Waals surface area contributed by atoms with Crippen molar-refractivity contribution in [2.75, 3.05) is 18.5 Å². The first-order valence-electron chi connectivity index (χ1n) is 7.97. The number of nitrogens with one attached hydrogen (secondary N) is 2. The highest BCUT2D eigenvalue weighted by atomic mass is 16.3. The predicted molar refractivity (Wildman–Crippen MR) is 92.1 cm³/mol. The molecule has 0 bridgehead atoms. The number of ketones is 1. The van der Waals surface area contributed by atoms with Crippen molar-refractivity contribution >= 4 is 17.5 Å². The van der Waals surface area contributed by atoms with E-state index in [1.165, 1.54) is 0 Å². The molecule has 0 aromatic heterocycles. The van der Waals surface area contributed by atoms with Crippen molar-refractivity contribution in [3.8, 4) is 0 Å². The van der Waals surface area contributed by atoms with E-state index in [4.69, 9.17) is 0 Å². The molecular formula is C19H20N2O3. The standard InChI is InChI=1S/C19H20N2O3/c22-13-19(9-10-19)12-20-18(24)21-16-8-4-7-15(11-16)17(23)14-5-2-1-3-6-14/h1-8,11,22H,9-10,12-13H2,(H2,20,21,24). The Hall–Kier alpha value is -2.66. The topological polar surface area (TPSA) is 78.4 Å². The van der Waals surface area contributed by atoms with Gasteiger partial charge in [-0.1, -0.05) is 42.5 Å². The molecule has 1 saturated carbocycles. The Balaban J connectivity index is 1.63. The summed E-state index contributed by atoms with van der Waals surface area (Å²) in [6.07, 6.45) is 1.87. The van der Waals surface area contributed by atoms with Crippen molar-refractivity contribution in [2.45, 2.75) is 12.8 Å². The van der Waals surface area contributed by atoms with Crippen molar-refractivity contribution in [3.63, 3.8) is 0 Å². The third-order valence-electron chi connectivity index (χ3n) is 4.34. The van der Waals surface area contributed by atoms with E-state index in [-0.39, 0.29) is 23.8 Å². The molecule has 0 radical (unpaired) electrons. The molecule has 5 heteroatoms. The highest BCUT2D eigenvalue weighted by Crippen LogP contribution is 2.44. The maximum Gasteiger partial charge on any atom is 0.319 e. The van der Waals surface area contributed by atoms with Gasteiger partial charge in [0, 0.05) is 28.8 Å². The van der Waals surface area contributed by atoms with Gasteiger partial charge in [-0.25, -0.2) is 4.79 Å². The second-order valence-corrected chi connectivity index (χ2v) is 6.24. The zero-order valence-corrected chi connectivity index (χ0v) is 13.3. The fraction of sp³-hybridized carbons (Fsp3) is 0.263. The first-order chi connectivity index (χ1) is 11.6. The number of aliphatic hydroxyl groups excluding tert-OH is 1. The van der Waals surface area contributed by atoms with Gasteiger partial charge in [0.2, 0.25) is 0 Å². The summed E-state index contributed by atoms with van der Waals surface area (Å²) in [6.45, 7) is 0.548. The summed E-state index contributed by atoms with van der Waals surface area (Å²) >= 11 is 0. The van der Waals surface area contributed by atoms with Crippen LogP contribution in [0.2, 0.25) is 0 Å². The number of hydrogen-bond donors (Lipinski definition) is 3. The molecule has 1 aliphatic carbocycles. The molecule has 124 valence electrons. The molecule has 0 saturated heterocycles. The van der Waals surface area contributed by atoms with Gasteiger partial charge in [0.15, 0.2) is 5.78 Å². The lowest BCUT2D eigenvalue weighted by molar-refractivity contribution is 0.103. The summed E-state index contributed by atoms with van der Waals surface area (Å²) in [4.78, 5) is 24.4. The number of anilines is 1. The Morgan fingerprint density at radius 1 is 1.00 bits per heavy atom. The van der Waals surface area contributed by atoms with Crippen LogP contribution in [-0.4, -0.2) is 30.1 Å². The van der Waals surface area contributed by atoms with Gasteiger partial charge in [-0.15, -0.1) is 0 Å². The Morgan fingerprint density at radius 3 is 2.38 bits per heavy atom. The van der Waals surface area contributed by atoms with Gasteiger partial charge in [-0.3, -0.25) is 4.79 Å². The minimum atomic E-state index is -0.334. The molecular weight excluding hydrogens is 304 g/mol. The summed E-state index contributed by atoms with van der Waals surface area (Å²) < 4.78 is 0. The molecule has 3 rings (SSSR count). The van der Waals surface area contributed by atoms with E-state index in [0.717, 1.165) is 12.8 Å². The zero-order chi connectivity index (χ0) is 17.0. The Labute approximate surface area is 140 Å². The van der Waals surface area contributed by atoms with Crippen LogP contribution >= 0.6 is 0 Å². The van der Waals surface area contributed by atoms with Crippen molar-refractivity contribution < 1.29 is 14.7 Å². The minimum Gasteiger partial charge on any atom is -0.396 e. The predicted octanol–water partition coefficient (Wildman–Crippen LogP) is 2.81. The number of hydrogen-bond acceptors (Lipinski definition) is 3. The second kappa shape index (κ2) is 6.84. The maximum absolute atomic E-state index is 12.4. The number of benzene rings is 2. The monoisotopic (exact) mass is 324 g/mol. The van der Waals surface area contributed by atoms with Crippen LogP contribution < -0.4 is 10.6 Å². The SMILES string of the molecule is O=C(NCC1(CO)CC1)Nc1cccc(C(=O)c2ccccc2)c1. The summed E-state index contributed by atoms with van der Waals surface area (Å²) in [5, 5.41) is 14.8. The molecule has 24 heavy (non-hydrogen) atoms. The smallest absolute Gasteiger partial charge is 0.319 e. The summed E-state index contributed by atoms with van der Waals surface area (Å²) in [5.74, 6) is -0.0862. The lowest BCUT2D eigenvalue weighted by Crippen LogP contribution is -2.35. The Morgan fingerprint density at radius 2 is 1.71 bits per heavy atom. The van der Waals surface area contributed by atoms with Crippen molar-refractivity contribution in [3.05, 3.63) is 65.7 Å². The lowest BCUT2D eigenvalue weighted by Gasteiger charge is -2.13. The molecule has 2 aromatic rings. The van der Waals surface area contributed by atoms with Crippen molar-refractivity contribution in [2.24, 2.45) is 5.41 Å². The normalized spacial score (nSPS) is 14.7. The highest BCUT2D eigenvalue weighted by Gasteiger charge is 2.42. The largest absolute Gasteiger partial charge is 0.396 e. The van der Waals surface area contributed by atoms with Crippen LogP contribution in [0.1, 0.15) is 28.8 Å². The maximum atomic E-state index is 12.4. The van der Waals surface area contributed by atoms with E-state index in [2.05, 4.69) is 10.6 Å². The van der Waals surface area contributed by atoms with Crippen LogP contribution in [0.3, 0.4) is 0 Å². The van der Waals surface area contributed by atoms with Crippen LogP contribution in [0.4, 0.5) is 10.5 Å². The van der Waals surface area contributed by atoms with Gasteiger partial charge < -0.3 is 15.7 Å². The summed E-state index contributed by atoms with van der Waals surface area (Å²) in [5.41, 5.74) is 1.55. The van der Waals surface area contributed by atoms with Gasteiger partial charge in [0.25, 0.3) is 0 Å². The average molecular weight is 324 g/mol. The van der Waals surface area contributed by atoms with E-state index in [0.29, 0.717) is 23.4 Å². The van der Waals surface area contributed by atoms with Gasteiger partial charge in [-0.2, -0.15) is 0 Å². The highest BCUT2D eigenvalue weighted by molar-refractivity contribution is 6.09. The first kappa shape index (κ1) is 16.2. The van der Waals surface area contributed by atoms with Gasteiger partial charge in [0.1, 0.15) is 0 Å². The number of aliphatic hydroxyl groups is 1. The molecule has 2 aromatic carbocycles.